The van der Waals surface area contributed by atoms with Crippen LogP contribution in [0.3, 0.4) is 0 Å². The smallest absolute Gasteiger partial charge is 0.166 e. The van der Waals surface area contributed by atoms with Crippen LogP contribution in [0.5, 0.6) is 11.5 Å². The highest BCUT2D eigenvalue weighted by Crippen LogP contribution is 2.30. The molecular formula is C15H14BrClFNO. The van der Waals surface area contributed by atoms with E-state index < -0.39 is 5.82 Å². The van der Waals surface area contributed by atoms with Crippen molar-refractivity contribution in [2.75, 3.05) is 0 Å². The molecule has 0 heterocycles. The number of halogens is 3. The van der Waals surface area contributed by atoms with Crippen LogP contribution in [0.2, 0.25) is 5.02 Å². The number of nitrogens with two attached hydrogens (primary N) is 1. The molecule has 0 bridgehead atoms. The SMILES string of the molecule is CC(N)Cc1ccc(Oc2ccc(Br)cc2F)cc1Cl. The molecule has 0 aromatic heterocycles. The summed E-state index contributed by atoms with van der Waals surface area (Å²) in [5, 5.41) is 0.567. The van der Waals surface area contributed by atoms with Crippen molar-refractivity contribution in [3.63, 3.8) is 0 Å². The Kier molecular flexibility index (Phi) is 5.02. The zero-order chi connectivity index (χ0) is 14.7. The molecule has 1 atom stereocenters. The van der Waals surface area contributed by atoms with E-state index in [2.05, 4.69) is 15.9 Å². The van der Waals surface area contributed by atoms with Crippen molar-refractivity contribution in [1.82, 2.24) is 0 Å². The first-order valence-corrected chi connectivity index (χ1v) is 7.29. The Balaban J connectivity index is 2.20. The zero-order valence-corrected chi connectivity index (χ0v) is 13.2. The van der Waals surface area contributed by atoms with Crippen molar-refractivity contribution in [1.29, 1.82) is 0 Å². The third-order valence-electron chi connectivity index (χ3n) is 2.69. The number of hydrogen-bond acceptors (Lipinski definition) is 2. The molecule has 0 radical (unpaired) electrons. The van der Waals surface area contributed by atoms with E-state index >= 15 is 0 Å². The molecule has 0 saturated carbocycles. The van der Waals surface area contributed by atoms with E-state index in [1.807, 2.05) is 13.0 Å². The Hall–Kier alpha value is -1.10. The van der Waals surface area contributed by atoms with Gasteiger partial charge < -0.3 is 10.5 Å². The van der Waals surface area contributed by atoms with Gasteiger partial charge in [-0.1, -0.05) is 33.6 Å². The first kappa shape index (κ1) is 15.3. The lowest BCUT2D eigenvalue weighted by molar-refractivity contribution is 0.442. The molecule has 0 aliphatic heterocycles. The minimum Gasteiger partial charge on any atom is -0.454 e. The molecule has 106 valence electrons. The maximum absolute atomic E-state index is 13.7. The lowest BCUT2D eigenvalue weighted by Crippen LogP contribution is -2.17. The summed E-state index contributed by atoms with van der Waals surface area (Å²) in [6.45, 7) is 1.91. The van der Waals surface area contributed by atoms with Gasteiger partial charge in [-0.25, -0.2) is 4.39 Å². The van der Waals surface area contributed by atoms with Crippen LogP contribution in [-0.2, 0) is 6.42 Å². The molecule has 0 amide bonds. The van der Waals surface area contributed by atoms with Crippen molar-refractivity contribution < 1.29 is 9.13 Å². The van der Waals surface area contributed by atoms with E-state index in [0.29, 0.717) is 21.7 Å². The summed E-state index contributed by atoms with van der Waals surface area (Å²) in [7, 11) is 0. The predicted octanol–water partition coefficient (Wildman–Crippen LogP) is 4.92. The molecule has 2 aromatic carbocycles. The highest BCUT2D eigenvalue weighted by atomic mass is 79.9. The minimum absolute atomic E-state index is 0.0307. The second kappa shape index (κ2) is 6.57. The largest absolute Gasteiger partial charge is 0.454 e. The monoisotopic (exact) mass is 357 g/mol. The van der Waals surface area contributed by atoms with Crippen LogP contribution in [-0.4, -0.2) is 6.04 Å². The quantitative estimate of drug-likeness (QED) is 0.841. The molecule has 0 fully saturated rings. The second-order valence-corrected chi connectivity index (χ2v) is 5.93. The van der Waals surface area contributed by atoms with Crippen molar-refractivity contribution in [2.45, 2.75) is 19.4 Å². The first-order chi connectivity index (χ1) is 9.45. The molecular weight excluding hydrogens is 345 g/mol. The summed E-state index contributed by atoms with van der Waals surface area (Å²) >= 11 is 9.37. The van der Waals surface area contributed by atoms with Gasteiger partial charge in [0.1, 0.15) is 5.75 Å². The summed E-state index contributed by atoms with van der Waals surface area (Å²) in [6, 6.07) is 9.92. The molecule has 0 aliphatic carbocycles. The van der Waals surface area contributed by atoms with Crippen LogP contribution < -0.4 is 10.5 Å². The number of rotatable bonds is 4. The fourth-order valence-corrected chi connectivity index (χ4v) is 2.37. The van der Waals surface area contributed by atoms with E-state index in [0.717, 1.165) is 5.56 Å². The van der Waals surface area contributed by atoms with Crippen LogP contribution in [0.4, 0.5) is 4.39 Å². The molecule has 2 rings (SSSR count). The number of hydrogen-bond donors (Lipinski definition) is 1. The van der Waals surface area contributed by atoms with Gasteiger partial charge in [0.05, 0.1) is 0 Å². The van der Waals surface area contributed by atoms with Gasteiger partial charge >= 0.3 is 0 Å². The van der Waals surface area contributed by atoms with Gasteiger partial charge in [-0.3, -0.25) is 0 Å². The van der Waals surface area contributed by atoms with Crippen LogP contribution in [0.1, 0.15) is 12.5 Å². The summed E-state index contributed by atoms with van der Waals surface area (Å²) in [4.78, 5) is 0. The fraction of sp³-hybridized carbons (Fsp3) is 0.200. The van der Waals surface area contributed by atoms with Crippen molar-refractivity contribution in [2.24, 2.45) is 5.73 Å². The Morgan fingerprint density at radius 2 is 2.05 bits per heavy atom. The van der Waals surface area contributed by atoms with Gasteiger partial charge in [-0.05, 0) is 49.2 Å². The van der Waals surface area contributed by atoms with Crippen molar-refractivity contribution in [3.05, 3.63) is 57.3 Å². The molecule has 2 aromatic rings. The highest BCUT2D eigenvalue weighted by Gasteiger charge is 2.08. The molecule has 0 aliphatic rings. The minimum atomic E-state index is -0.435. The first-order valence-electron chi connectivity index (χ1n) is 6.12. The number of ether oxygens (including phenoxy) is 1. The van der Waals surface area contributed by atoms with Gasteiger partial charge in [-0.2, -0.15) is 0 Å². The van der Waals surface area contributed by atoms with Crippen LogP contribution >= 0.6 is 27.5 Å². The van der Waals surface area contributed by atoms with E-state index in [-0.39, 0.29) is 11.8 Å². The Labute approximate surface area is 130 Å². The predicted molar refractivity (Wildman–Crippen MR) is 83.0 cm³/mol. The Morgan fingerprint density at radius 1 is 1.30 bits per heavy atom. The normalized spacial score (nSPS) is 12.2. The molecule has 2 N–H and O–H groups in total. The lowest BCUT2D eigenvalue weighted by atomic mass is 10.1. The zero-order valence-electron chi connectivity index (χ0n) is 10.9. The van der Waals surface area contributed by atoms with Gasteiger partial charge in [-0.15, -0.1) is 0 Å². The maximum atomic E-state index is 13.7. The van der Waals surface area contributed by atoms with Crippen molar-refractivity contribution >= 4 is 27.5 Å². The second-order valence-electron chi connectivity index (χ2n) is 4.61. The maximum Gasteiger partial charge on any atom is 0.166 e. The summed E-state index contributed by atoms with van der Waals surface area (Å²) in [5.74, 6) is 0.212. The van der Waals surface area contributed by atoms with Gasteiger partial charge in [0.2, 0.25) is 0 Å². The van der Waals surface area contributed by atoms with Gasteiger partial charge in [0.25, 0.3) is 0 Å². The Bertz CT molecular complexity index is 619. The molecule has 1 unspecified atom stereocenters. The molecule has 0 spiro atoms. The average Bonchev–Trinajstić information content (AvgIpc) is 2.36. The summed E-state index contributed by atoms with van der Waals surface area (Å²) in [5.41, 5.74) is 6.69. The van der Waals surface area contributed by atoms with Gasteiger partial charge in [0.15, 0.2) is 11.6 Å². The lowest BCUT2D eigenvalue weighted by Gasteiger charge is -2.11. The third kappa shape index (κ3) is 3.95. The average molecular weight is 359 g/mol. The summed E-state index contributed by atoms with van der Waals surface area (Å²) < 4.78 is 19.8. The van der Waals surface area contributed by atoms with Gasteiger partial charge in [0, 0.05) is 15.5 Å². The molecule has 2 nitrogen and oxygen atoms in total. The van der Waals surface area contributed by atoms with Crippen LogP contribution in [0, 0.1) is 5.82 Å². The standard InChI is InChI=1S/C15H14BrClFNO/c1-9(19)6-10-2-4-12(8-13(10)17)20-15-5-3-11(16)7-14(15)18/h2-5,7-9H,6,19H2,1H3. The van der Waals surface area contributed by atoms with Crippen LogP contribution in [0.15, 0.2) is 40.9 Å². The van der Waals surface area contributed by atoms with E-state index in [9.17, 15) is 4.39 Å². The van der Waals surface area contributed by atoms with E-state index in [1.54, 1.807) is 24.3 Å². The molecule has 20 heavy (non-hydrogen) atoms. The third-order valence-corrected chi connectivity index (χ3v) is 3.53. The number of benzene rings is 2. The topological polar surface area (TPSA) is 35.2 Å². The van der Waals surface area contributed by atoms with Crippen molar-refractivity contribution in [3.8, 4) is 11.5 Å². The molecule has 0 saturated heterocycles. The van der Waals surface area contributed by atoms with E-state index in [1.165, 1.54) is 6.07 Å². The summed E-state index contributed by atoms with van der Waals surface area (Å²) in [6.07, 6.45) is 0.686. The van der Waals surface area contributed by atoms with Crippen LogP contribution in [0.25, 0.3) is 0 Å². The highest BCUT2D eigenvalue weighted by molar-refractivity contribution is 9.10. The van der Waals surface area contributed by atoms with E-state index in [4.69, 9.17) is 22.1 Å². The Morgan fingerprint density at radius 3 is 2.65 bits per heavy atom. The molecule has 5 heteroatoms. The fourth-order valence-electron chi connectivity index (χ4n) is 1.79.